The molecule has 0 amide bonds. The van der Waals surface area contributed by atoms with Crippen LogP contribution in [0.15, 0.2) is 54.9 Å². The zero-order valence-corrected chi connectivity index (χ0v) is 25.9. The van der Waals surface area contributed by atoms with Crippen LogP contribution in [-0.2, 0) is 24.5 Å². The number of benzene rings is 2. The van der Waals surface area contributed by atoms with Gasteiger partial charge in [-0.1, -0.05) is 0 Å². The molecule has 248 valence electrons. The Labute approximate surface area is 268 Å². The number of anilines is 1. The molecular weight excluding hydrogens is 619 g/mol. The highest BCUT2D eigenvalue weighted by molar-refractivity contribution is 5.95. The van der Waals surface area contributed by atoms with Crippen molar-refractivity contribution in [3.63, 3.8) is 0 Å². The third-order valence-corrected chi connectivity index (χ3v) is 6.24. The van der Waals surface area contributed by atoms with Crippen LogP contribution < -0.4 is 25.3 Å². The number of hydrogen-bond acceptors (Lipinski definition) is 14. The van der Waals surface area contributed by atoms with Gasteiger partial charge in [0, 0.05) is 42.2 Å². The number of aromatic amines is 1. The predicted octanol–water partition coefficient (Wildman–Crippen LogP) is 3.27. The first-order valence-corrected chi connectivity index (χ1v) is 14.1. The molecule has 0 unspecified atom stereocenters. The van der Waals surface area contributed by atoms with Crippen LogP contribution in [0.2, 0.25) is 0 Å². The van der Waals surface area contributed by atoms with E-state index in [1.165, 1.54) is 38.6 Å². The van der Waals surface area contributed by atoms with Crippen LogP contribution in [0.25, 0.3) is 0 Å². The molecular formula is C30H33FN8O8. The number of esters is 1. The van der Waals surface area contributed by atoms with Crippen LogP contribution in [0.4, 0.5) is 14.9 Å². The number of ether oxygens (including phenoxy) is 6. The second-order valence-corrected chi connectivity index (χ2v) is 9.90. The molecule has 2 aromatic carbocycles. The number of methoxy groups -OCH3 is 1. The number of hydrogen-bond donors (Lipinski definition) is 4. The number of nitrogens with zero attached hydrogens (tertiary/aromatic N) is 4. The van der Waals surface area contributed by atoms with E-state index in [2.05, 4.69) is 30.5 Å². The number of halogens is 1. The molecule has 17 heteroatoms. The number of nitrogens with one attached hydrogen (secondary N) is 3. The molecule has 0 radical (unpaired) electrons. The van der Waals surface area contributed by atoms with Crippen molar-refractivity contribution in [3.05, 3.63) is 83.5 Å². The molecule has 0 saturated carbocycles. The summed E-state index contributed by atoms with van der Waals surface area (Å²) < 4.78 is 48.0. The summed E-state index contributed by atoms with van der Waals surface area (Å²) in [6.45, 7) is 3.66. The van der Waals surface area contributed by atoms with Crippen molar-refractivity contribution in [2.24, 2.45) is 5.73 Å². The molecule has 16 nitrogen and oxygen atoms in total. The number of nitrogen functional groups attached to an aromatic ring is 1. The van der Waals surface area contributed by atoms with E-state index in [0.717, 1.165) is 0 Å². The van der Waals surface area contributed by atoms with Gasteiger partial charge in [-0.25, -0.2) is 19.2 Å². The highest BCUT2D eigenvalue weighted by atomic mass is 19.1. The van der Waals surface area contributed by atoms with E-state index in [1.54, 1.807) is 44.2 Å². The summed E-state index contributed by atoms with van der Waals surface area (Å²) in [5.74, 6) is -1.65. The van der Waals surface area contributed by atoms with E-state index in [4.69, 9.17) is 39.6 Å². The van der Waals surface area contributed by atoms with Gasteiger partial charge in [0.2, 0.25) is 6.79 Å². The zero-order valence-electron chi connectivity index (χ0n) is 25.9. The summed E-state index contributed by atoms with van der Waals surface area (Å²) in [4.78, 5) is 36.3. The lowest BCUT2D eigenvalue weighted by Crippen LogP contribution is -2.42. The summed E-state index contributed by atoms with van der Waals surface area (Å²) in [6, 6.07) is 10.4. The summed E-state index contributed by atoms with van der Waals surface area (Å²) in [7, 11) is 1.39. The fourth-order valence-corrected chi connectivity index (χ4v) is 4.22. The number of rotatable bonds is 15. The lowest BCUT2D eigenvalue weighted by atomic mass is 9.86. The molecule has 2 heterocycles. The molecule has 5 N–H and O–H groups in total. The average Bonchev–Trinajstić information content (AvgIpc) is 3.52. The van der Waals surface area contributed by atoms with E-state index in [0.29, 0.717) is 11.3 Å². The van der Waals surface area contributed by atoms with Gasteiger partial charge < -0.3 is 39.5 Å². The monoisotopic (exact) mass is 652 g/mol. The van der Waals surface area contributed by atoms with Crippen molar-refractivity contribution in [2.75, 3.05) is 32.4 Å². The predicted molar refractivity (Wildman–Crippen MR) is 163 cm³/mol. The number of carbonyl (C=O) groups is 2. The first-order valence-electron chi connectivity index (χ1n) is 14.1. The topological polar surface area (TPSA) is 219 Å². The first kappa shape index (κ1) is 33.9. The van der Waals surface area contributed by atoms with Crippen molar-refractivity contribution in [3.8, 4) is 17.5 Å². The molecule has 4 rings (SSSR count). The molecule has 0 saturated heterocycles. The minimum absolute atomic E-state index is 0.00752. The Morgan fingerprint density at radius 1 is 1.09 bits per heavy atom. The minimum Gasteiger partial charge on any atom is -0.497 e. The van der Waals surface area contributed by atoms with Gasteiger partial charge in [-0.2, -0.15) is 4.98 Å². The smallest absolute Gasteiger partial charge is 0.497 e. The standard InChI is InChI=1S/C30H33FN8O8/c1-17(2)47-29(41)46-16-45-28-36-27(38-39-28)30(26-34-10-5-11-35-26,37-20-8-6-19(7-9-20)25(32)33)22-14-21(42-4)15-23(24(22)31)44-13-12-43-18(3)40/h5-11,14-15,17,37H,12-13,16H2,1-4H3,(H3,32,33)(H,36,38,39)/t30-/m1/s1. The Morgan fingerprint density at radius 2 is 1.81 bits per heavy atom. The van der Waals surface area contributed by atoms with Gasteiger partial charge in [0.15, 0.2) is 28.8 Å². The van der Waals surface area contributed by atoms with Gasteiger partial charge in [-0.05, 0) is 50.2 Å². The average molecular weight is 653 g/mol. The zero-order chi connectivity index (χ0) is 34.0. The third kappa shape index (κ3) is 8.38. The van der Waals surface area contributed by atoms with Crippen LogP contribution >= 0.6 is 0 Å². The van der Waals surface area contributed by atoms with Crippen LogP contribution in [0.3, 0.4) is 0 Å². The van der Waals surface area contributed by atoms with Gasteiger partial charge in [-0.3, -0.25) is 15.3 Å². The van der Waals surface area contributed by atoms with Gasteiger partial charge >= 0.3 is 18.1 Å². The number of aromatic nitrogens is 5. The van der Waals surface area contributed by atoms with Gasteiger partial charge in [0.05, 0.1) is 13.2 Å². The maximum absolute atomic E-state index is 16.7. The minimum atomic E-state index is -1.89. The molecule has 0 bridgehead atoms. The van der Waals surface area contributed by atoms with E-state index in [1.807, 2.05) is 0 Å². The fraction of sp³-hybridized carbons (Fsp3) is 0.300. The molecule has 0 aliphatic rings. The summed E-state index contributed by atoms with van der Waals surface area (Å²) >= 11 is 0. The number of H-pyrrole nitrogens is 1. The van der Waals surface area contributed by atoms with Gasteiger partial charge in [0.25, 0.3) is 0 Å². The lowest BCUT2D eigenvalue weighted by Gasteiger charge is -2.33. The Balaban J connectivity index is 1.87. The number of carbonyl (C=O) groups excluding carboxylic acids is 2. The molecule has 4 aromatic rings. The van der Waals surface area contributed by atoms with E-state index in [9.17, 15) is 9.59 Å². The molecule has 1 atom stereocenters. The van der Waals surface area contributed by atoms with Crippen molar-refractivity contribution < 1.29 is 42.4 Å². The van der Waals surface area contributed by atoms with Crippen molar-refractivity contribution in [1.29, 1.82) is 5.41 Å². The Morgan fingerprint density at radius 3 is 2.45 bits per heavy atom. The highest BCUT2D eigenvalue weighted by Gasteiger charge is 2.46. The molecule has 0 aliphatic heterocycles. The summed E-state index contributed by atoms with van der Waals surface area (Å²) in [5.41, 5.74) is 4.48. The lowest BCUT2D eigenvalue weighted by molar-refractivity contribution is -0.141. The van der Waals surface area contributed by atoms with E-state index >= 15 is 4.39 Å². The van der Waals surface area contributed by atoms with Gasteiger partial charge in [0.1, 0.15) is 24.8 Å². The Bertz CT molecular complexity index is 1690. The second-order valence-electron chi connectivity index (χ2n) is 9.90. The van der Waals surface area contributed by atoms with E-state index in [-0.39, 0.29) is 53.8 Å². The Kier molecular flexibility index (Phi) is 11.1. The van der Waals surface area contributed by atoms with Crippen molar-refractivity contribution >= 4 is 23.6 Å². The number of nitrogens with two attached hydrogens (primary N) is 1. The maximum atomic E-state index is 16.7. The Hall–Kier alpha value is -6.00. The third-order valence-electron chi connectivity index (χ3n) is 6.24. The number of amidine groups is 1. The van der Waals surface area contributed by atoms with Crippen molar-refractivity contribution in [1.82, 2.24) is 25.1 Å². The molecule has 0 fully saturated rings. The van der Waals surface area contributed by atoms with Crippen LogP contribution in [0.1, 0.15) is 43.5 Å². The van der Waals surface area contributed by atoms with Crippen LogP contribution in [-0.4, -0.2) is 76.3 Å². The van der Waals surface area contributed by atoms with E-state index < -0.39 is 36.4 Å². The van der Waals surface area contributed by atoms with Crippen molar-refractivity contribution in [2.45, 2.75) is 32.4 Å². The van der Waals surface area contributed by atoms with Crippen LogP contribution in [0, 0.1) is 11.2 Å². The SMILES string of the molecule is COc1cc(OCCOC(C)=O)c(F)c([C@@](Nc2ccc(C(=N)N)cc2)(c2ncccn2)c2nc(OCOC(=O)OC(C)C)n[nH]2)c1. The normalized spacial score (nSPS) is 12.0. The van der Waals surface area contributed by atoms with Crippen LogP contribution in [0.5, 0.6) is 17.5 Å². The van der Waals surface area contributed by atoms with Gasteiger partial charge in [-0.15, -0.1) is 5.10 Å². The molecule has 0 aliphatic carbocycles. The largest absolute Gasteiger partial charge is 0.511 e. The first-order chi connectivity index (χ1) is 22.5. The second kappa shape index (κ2) is 15.3. The fourth-order valence-electron chi connectivity index (χ4n) is 4.22. The summed E-state index contributed by atoms with van der Waals surface area (Å²) in [6.07, 6.45) is 1.54. The maximum Gasteiger partial charge on any atom is 0.511 e. The molecule has 47 heavy (non-hydrogen) atoms. The quantitative estimate of drug-likeness (QED) is 0.0476. The molecule has 0 spiro atoms. The summed E-state index contributed by atoms with van der Waals surface area (Å²) in [5, 5.41) is 17.8. The molecule has 2 aromatic heterocycles. The highest BCUT2D eigenvalue weighted by Crippen LogP contribution is 2.42.